The molecule has 0 aromatic carbocycles. The highest BCUT2D eigenvalue weighted by molar-refractivity contribution is 7.14. The third kappa shape index (κ3) is 2.89. The van der Waals surface area contributed by atoms with Crippen LogP contribution in [0.4, 0.5) is 5.13 Å². The van der Waals surface area contributed by atoms with Crippen molar-refractivity contribution in [1.82, 2.24) is 9.97 Å². The van der Waals surface area contributed by atoms with Gasteiger partial charge in [-0.1, -0.05) is 0 Å². The van der Waals surface area contributed by atoms with Gasteiger partial charge in [-0.25, -0.2) is 4.98 Å². The van der Waals surface area contributed by atoms with Gasteiger partial charge < -0.3 is 16.2 Å². The standard InChI is InChI=1S/C11H12N4O2S/c12-8(5-16)10(17)15-11-14-9(6-18-11)7-2-1-3-13-4-7/h1-4,6,8,16H,5,12H2,(H,14,15,17). The van der Waals surface area contributed by atoms with Crippen molar-refractivity contribution in [1.29, 1.82) is 0 Å². The zero-order valence-electron chi connectivity index (χ0n) is 9.41. The summed E-state index contributed by atoms with van der Waals surface area (Å²) in [4.78, 5) is 19.7. The van der Waals surface area contributed by atoms with E-state index in [-0.39, 0.29) is 0 Å². The first kappa shape index (κ1) is 12.6. The van der Waals surface area contributed by atoms with Crippen LogP contribution in [0.3, 0.4) is 0 Å². The molecule has 0 saturated carbocycles. The first-order chi connectivity index (χ1) is 8.70. The van der Waals surface area contributed by atoms with E-state index < -0.39 is 18.6 Å². The van der Waals surface area contributed by atoms with Crippen LogP contribution >= 0.6 is 11.3 Å². The molecule has 2 aromatic rings. The third-order valence-corrected chi connectivity index (χ3v) is 2.98. The molecule has 2 heterocycles. The van der Waals surface area contributed by atoms with Crippen LogP contribution in [0.5, 0.6) is 0 Å². The summed E-state index contributed by atoms with van der Waals surface area (Å²) in [6.45, 7) is -0.396. The van der Waals surface area contributed by atoms with E-state index in [0.717, 1.165) is 11.3 Å². The van der Waals surface area contributed by atoms with Gasteiger partial charge in [-0.15, -0.1) is 11.3 Å². The number of aliphatic hydroxyl groups is 1. The first-order valence-electron chi connectivity index (χ1n) is 5.24. The van der Waals surface area contributed by atoms with Crippen LogP contribution < -0.4 is 11.1 Å². The van der Waals surface area contributed by atoms with Crippen molar-refractivity contribution >= 4 is 22.4 Å². The van der Waals surface area contributed by atoms with Gasteiger partial charge in [0.1, 0.15) is 6.04 Å². The van der Waals surface area contributed by atoms with Gasteiger partial charge in [-0.05, 0) is 12.1 Å². The quantitative estimate of drug-likeness (QED) is 0.745. The van der Waals surface area contributed by atoms with Crippen molar-refractivity contribution in [2.75, 3.05) is 11.9 Å². The Morgan fingerprint density at radius 3 is 3.11 bits per heavy atom. The fourth-order valence-electron chi connectivity index (χ4n) is 1.26. The smallest absolute Gasteiger partial charge is 0.245 e. The number of hydrogen-bond acceptors (Lipinski definition) is 6. The highest BCUT2D eigenvalue weighted by Crippen LogP contribution is 2.23. The molecular formula is C11H12N4O2S. The lowest BCUT2D eigenvalue weighted by atomic mass is 10.2. The molecule has 0 aliphatic carbocycles. The number of aromatic nitrogens is 2. The summed E-state index contributed by atoms with van der Waals surface area (Å²) in [5, 5.41) is 13.6. The van der Waals surface area contributed by atoms with E-state index in [1.54, 1.807) is 12.4 Å². The Morgan fingerprint density at radius 2 is 2.44 bits per heavy atom. The van der Waals surface area contributed by atoms with Crippen molar-refractivity contribution in [3.05, 3.63) is 29.9 Å². The number of hydrogen-bond donors (Lipinski definition) is 3. The molecule has 18 heavy (non-hydrogen) atoms. The lowest BCUT2D eigenvalue weighted by Crippen LogP contribution is -2.38. The highest BCUT2D eigenvalue weighted by atomic mass is 32.1. The number of nitrogens with zero attached hydrogens (tertiary/aromatic N) is 2. The van der Waals surface area contributed by atoms with E-state index in [1.165, 1.54) is 11.3 Å². The molecular weight excluding hydrogens is 252 g/mol. The summed E-state index contributed by atoms with van der Waals surface area (Å²) < 4.78 is 0. The van der Waals surface area contributed by atoms with Crippen LogP contribution in [0.15, 0.2) is 29.9 Å². The van der Waals surface area contributed by atoms with Gasteiger partial charge in [-0.3, -0.25) is 9.78 Å². The average Bonchev–Trinajstić information content (AvgIpc) is 2.87. The van der Waals surface area contributed by atoms with Crippen LogP contribution in [0.2, 0.25) is 0 Å². The van der Waals surface area contributed by atoms with Gasteiger partial charge in [0.2, 0.25) is 5.91 Å². The normalized spacial score (nSPS) is 12.1. The average molecular weight is 264 g/mol. The largest absolute Gasteiger partial charge is 0.394 e. The summed E-state index contributed by atoms with van der Waals surface area (Å²) in [5.74, 6) is -0.454. The zero-order chi connectivity index (χ0) is 13.0. The van der Waals surface area contributed by atoms with E-state index in [0.29, 0.717) is 5.13 Å². The Kier molecular flexibility index (Phi) is 3.98. The van der Waals surface area contributed by atoms with Crippen LogP contribution in [0.25, 0.3) is 11.3 Å². The van der Waals surface area contributed by atoms with Crippen molar-refractivity contribution in [2.45, 2.75) is 6.04 Å². The third-order valence-electron chi connectivity index (χ3n) is 2.23. The van der Waals surface area contributed by atoms with Gasteiger partial charge in [0, 0.05) is 23.3 Å². The number of carbonyl (C=O) groups excluding carboxylic acids is 1. The fourth-order valence-corrected chi connectivity index (χ4v) is 1.98. The summed E-state index contributed by atoms with van der Waals surface area (Å²) in [6, 6.07) is 2.76. The number of aliphatic hydroxyl groups excluding tert-OH is 1. The fraction of sp³-hybridized carbons (Fsp3) is 0.182. The van der Waals surface area contributed by atoms with Crippen LogP contribution in [-0.2, 0) is 4.79 Å². The molecule has 0 saturated heterocycles. The maximum atomic E-state index is 11.4. The molecule has 6 nitrogen and oxygen atoms in total. The zero-order valence-corrected chi connectivity index (χ0v) is 10.2. The number of amides is 1. The van der Waals surface area contributed by atoms with Gasteiger partial charge in [-0.2, -0.15) is 0 Å². The number of carbonyl (C=O) groups is 1. The van der Waals surface area contributed by atoms with E-state index in [2.05, 4.69) is 15.3 Å². The van der Waals surface area contributed by atoms with Crippen molar-refractivity contribution in [3.8, 4) is 11.3 Å². The van der Waals surface area contributed by atoms with E-state index in [4.69, 9.17) is 10.8 Å². The minimum atomic E-state index is -0.934. The molecule has 94 valence electrons. The molecule has 2 rings (SSSR count). The van der Waals surface area contributed by atoms with Crippen molar-refractivity contribution in [3.63, 3.8) is 0 Å². The molecule has 4 N–H and O–H groups in total. The van der Waals surface area contributed by atoms with Gasteiger partial charge >= 0.3 is 0 Å². The second kappa shape index (κ2) is 5.67. The summed E-state index contributed by atoms with van der Waals surface area (Å²) in [5.41, 5.74) is 7.00. The predicted octanol–water partition coefficient (Wildman–Crippen LogP) is 0.463. The Bertz CT molecular complexity index is 529. The minimum Gasteiger partial charge on any atom is -0.394 e. The molecule has 7 heteroatoms. The minimum absolute atomic E-state index is 0.396. The highest BCUT2D eigenvalue weighted by Gasteiger charge is 2.14. The number of pyridine rings is 1. The van der Waals surface area contributed by atoms with Gasteiger partial charge in [0.05, 0.1) is 12.3 Å². The Morgan fingerprint density at radius 1 is 1.61 bits per heavy atom. The number of thiazole rings is 1. The topological polar surface area (TPSA) is 101 Å². The number of nitrogens with one attached hydrogen (secondary N) is 1. The summed E-state index contributed by atoms with van der Waals surface area (Å²) >= 11 is 1.29. The van der Waals surface area contributed by atoms with Gasteiger partial charge in [0.25, 0.3) is 0 Å². The van der Waals surface area contributed by atoms with Crippen molar-refractivity contribution < 1.29 is 9.90 Å². The molecule has 0 spiro atoms. The maximum Gasteiger partial charge on any atom is 0.245 e. The summed E-state index contributed by atoms with van der Waals surface area (Å²) in [7, 11) is 0. The first-order valence-corrected chi connectivity index (χ1v) is 6.12. The van der Waals surface area contributed by atoms with Crippen molar-refractivity contribution in [2.24, 2.45) is 5.73 Å². The lowest BCUT2D eigenvalue weighted by molar-refractivity contribution is -0.118. The van der Waals surface area contributed by atoms with Crippen LogP contribution in [0, 0.1) is 0 Å². The maximum absolute atomic E-state index is 11.4. The van der Waals surface area contributed by atoms with Crippen LogP contribution in [-0.4, -0.2) is 33.6 Å². The number of rotatable bonds is 4. The predicted molar refractivity (Wildman–Crippen MR) is 69.0 cm³/mol. The molecule has 1 unspecified atom stereocenters. The SMILES string of the molecule is NC(CO)C(=O)Nc1nc(-c2cccnc2)cs1. The second-order valence-electron chi connectivity index (χ2n) is 3.56. The lowest BCUT2D eigenvalue weighted by Gasteiger charge is -2.06. The second-order valence-corrected chi connectivity index (χ2v) is 4.42. The Balaban J connectivity index is 2.10. The number of anilines is 1. The van der Waals surface area contributed by atoms with E-state index >= 15 is 0 Å². The molecule has 0 bridgehead atoms. The molecule has 2 aromatic heterocycles. The molecule has 1 atom stereocenters. The van der Waals surface area contributed by atoms with E-state index in [1.807, 2.05) is 17.5 Å². The molecule has 1 amide bonds. The van der Waals surface area contributed by atoms with Crippen LogP contribution in [0.1, 0.15) is 0 Å². The van der Waals surface area contributed by atoms with E-state index in [9.17, 15) is 4.79 Å². The molecule has 0 radical (unpaired) electrons. The summed E-state index contributed by atoms with van der Waals surface area (Å²) in [6.07, 6.45) is 3.37. The Labute approximate surface area is 108 Å². The van der Waals surface area contributed by atoms with Gasteiger partial charge in [0.15, 0.2) is 5.13 Å². The number of nitrogens with two attached hydrogens (primary N) is 1. The molecule has 0 aliphatic rings. The molecule has 0 fully saturated rings. The monoisotopic (exact) mass is 264 g/mol. The Hall–Kier alpha value is -1.83. The molecule has 0 aliphatic heterocycles.